The maximum absolute atomic E-state index is 13.5. The monoisotopic (exact) mass is 438 g/mol. The molecule has 1 fully saturated rings. The fraction of sp³-hybridized carbons (Fsp3) is 0.261. The summed E-state index contributed by atoms with van der Waals surface area (Å²) >= 11 is 6.12. The molecule has 1 amide bonds. The molecule has 0 bridgehead atoms. The second kappa shape index (κ2) is 8.15. The van der Waals surface area contributed by atoms with E-state index in [0.29, 0.717) is 35.4 Å². The SMILES string of the molecule is O=C(Cn1ccc2ccc(Cl)cc21)N1CCCC(c2nc(-c3cccc(F)c3)no2)C1. The van der Waals surface area contributed by atoms with Crippen LogP contribution in [-0.4, -0.2) is 38.6 Å². The number of fused-ring (bicyclic) bond motifs is 1. The molecule has 3 heterocycles. The Morgan fingerprint density at radius 3 is 3.00 bits per heavy atom. The van der Waals surface area contributed by atoms with Crippen molar-refractivity contribution >= 4 is 28.4 Å². The topological polar surface area (TPSA) is 64.2 Å². The molecule has 158 valence electrons. The summed E-state index contributed by atoms with van der Waals surface area (Å²) in [5.74, 6) is 0.483. The third kappa shape index (κ3) is 4.05. The van der Waals surface area contributed by atoms with E-state index in [9.17, 15) is 9.18 Å². The zero-order valence-corrected chi connectivity index (χ0v) is 17.4. The maximum Gasteiger partial charge on any atom is 0.242 e. The van der Waals surface area contributed by atoms with Crippen LogP contribution in [0.4, 0.5) is 4.39 Å². The van der Waals surface area contributed by atoms with Gasteiger partial charge in [-0.1, -0.05) is 35.0 Å². The number of aromatic nitrogens is 3. The van der Waals surface area contributed by atoms with Gasteiger partial charge in [0.1, 0.15) is 12.4 Å². The molecule has 0 saturated carbocycles. The average Bonchev–Trinajstić information content (AvgIpc) is 3.42. The molecule has 0 aliphatic carbocycles. The first-order chi connectivity index (χ1) is 15.1. The first kappa shape index (κ1) is 19.8. The molecule has 1 atom stereocenters. The van der Waals surface area contributed by atoms with Crippen molar-refractivity contribution < 1.29 is 13.7 Å². The summed E-state index contributed by atoms with van der Waals surface area (Å²) in [6, 6.07) is 13.7. The Balaban J connectivity index is 1.30. The van der Waals surface area contributed by atoms with Gasteiger partial charge in [-0.2, -0.15) is 4.98 Å². The number of carbonyl (C=O) groups excluding carboxylic acids is 1. The fourth-order valence-corrected chi connectivity index (χ4v) is 4.26. The molecule has 1 aliphatic heterocycles. The van der Waals surface area contributed by atoms with Crippen LogP contribution in [0.2, 0.25) is 5.02 Å². The van der Waals surface area contributed by atoms with Crippen molar-refractivity contribution in [2.45, 2.75) is 25.3 Å². The van der Waals surface area contributed by atoms with Crippen LogP contribution in [0.15, 0.2) is 59.3 Å². The summed E-state index contributed by atoms with van der Waals surface area (Å²) in [5, 5.41) is 5.69. The van der Waals surface area contributed by atoms with Gasteiger partial charge < -0.3 is 14.0 Å². The van der Waals surface area contributed by atoms with E-state index in [1.807, 2.05) is 39.9 Å². The van der Waals surface area contributed by atoms with Crippen LogP contribution in [0, 0.1) is 5.82 Å². The highest BCUT2D eigenvalue weighted by Crippen LogP contribution is 2.28. The lowest BCUT2D eigenvalue weighted by atomic mass is 9.98. The molecule has 2 aromatic heterocycles. The fourth-order valence-electron chi connectivity index (χ4n) is 4.09. The Morgan fingerprint density at radius 1 is 1.23 bits per heavy atom. The Kier molecular flexibility index (Phi) is 5.19. The zero-order chi connectivity index (χ0) is 21.4. The molecular weight excluding hydrogens is 419 g/mol. The number of amides is 1. The molecule has 5 rings (SSSR count). The normalized spacial score (nSPS) is 16.7. The summed E-state index contributed by atoms with van der Waals surface area (Å²) in [4.78, 5) is 19.3. The number of benzene rings is 2. The van der Waals surface area contributed by atoms with E-state index in [-0.39, 0.29) is 24.2 Å². The van der Waals surface area contributed by atoms with Crippen LogP contribution >= 0.6 is 11.6 Å². The predicted molar refractivity (Wildman–Crippen MR) is 115 cm³/mol. The van der Waals surface area contributed by atoms with Gasteiger partial charge in [0.15, 0.2) is 0 Å². The molecule has 8 heteroatoms. The summed E-state index contributed by atoms with van der Waals surface area (Å²) in [7, 11) is 0. The van der Waals surface area contributed by atoms with Crippen molar-refractivity contribution in [2.24, 2.45) is 0 Å². The van der Waals surface area contributed by atoms with E-state index in [4.69, 9.17) is 16.1 Å². The number of halogens is 2. The molecule has 1 saturated heterocycles. The quantitative estimate of drug-likeness (QED) is 0.455. The van der Waals surface area contributed by atoms with Gasteiger partial charge in [0, 0.05) is 35.4 Å². The molecule has 4 aromatic rings. The van der Waals surface area contributed by atoms with Gasteiger partial charge in [0.05, 0.1) is 5.92 Å². The minimum Gasteiger partial charge on any atom is -0.340 e. The molecule has 0 N–H and O–H groups in total. The first-order valence-corrected chi connectivity index (χ1v) is 10.6. The third-order valence-electron chi connectivity index (χ3n) is 5.69. The lowest BCUT2D eigenvalue weighted by molar-refractivity contribution is -0.133. The molecule has 0 radical (unpaired) electrons. The summed E-state index contributed by atoms with van der Waals surface area (Å²) in [6.45, 7) is 1.46. The Hall–Kier alpha value is -3.19. The Labute approximate surface area is 183 Å². The van der Waals surface area contributed by atoms with Gasteiger partial charge >= 0.3 is 0 Å². The highest BCUT2D eigenvalue weighted by atomic mass is 35.5. The number of likely N-dealkylation sites (tertiary alicyclic amines) is 1. The van der Waals surface area contributed by atoms with E-state index in [2.05, 4.69) is 10.1 Å². The smallest absolute Gasteiger partial charge is 0.242 e. The van der Waals surface area contributed by atoms with Crippen LogP contribution in [0.1, 0.15) is 24.7 Å². The predicted octanol–water partition coefficient (Wildman–Crippen LogP) is 4.89. The van der Waals surface area contributed by atoms with E-state index in [1.54, 1.807) is 12.1 Å². The Bertz CT molecular complexity index is 1250. The number of hydrogen-bond donors (Lipinski definition) is 0. The van der Waals surface area contributed by atoms with Crippen molar-refractivity contribution in [2.75, 3.05) is 13.1 Å². The van der Waals surface area contributed by atoms with Crippen molar-refractivity contribution in [3.63, 3.8) is 0 Å². The van der Waals surface area contributed by atoms with Crippen LogP contribution < -0.4 is 0 Å². The lowest BCUT2D eigenvalue weighted by Gasteiger charge is -2.31. The van der Waals surface area contributed by atoms with Crippen LogP contribution in [-0.2, 0) is 11.3 Å². The number of hydrogen-bond acceptors (Lipinski definition) is 4. The number of piperidine rings is 1. The number of nitrogens with zero attached hydrogens (tertiary/aromatic N) is 4. The highest BCUT2D eigenvalue weighted by Gasteiger charge is 2.29. The van der Waals surface area contributed by atoms with Crippen molar-refractivity contribution in [1.29, 1.82) is 0 Å². The van der Waals surface area contributed by atoms with Crippen molar-refractivity contribution in [1.82, 2.24) is 19.6 Å². The second-order valence-electron chi connectivity index (χ2n) is 7.79. The van der Waals surface area contributed by atoms with E-state index in [0.717, 1.165) is 23.7 Å². The zero-order valence-electron chi connectivity index (χ0n) is 16.7. The number of carbonyl (C=O) groups is 1. The molecule has 0 spiro atoms. The molecule has 6 nitrogen and oxygen atoms in total. The van der Waals surface area contributed by atoms with Crippen LogP contribution in [0.3, 0.4) is 0 Å². The molecule has 1 unspecified atom stereocenters. The molecule has 2 aromatic carbocycles. The van der Waals surface area contributed by atoms with E-state index < -0.39 is 0 Å². The van der Waals surface area contributed by atoms with Gasteiger partial charge in [0.2, 0.25) is 17.6 Å². The first-order valence-electron chi connectivity index (χ1n) is 10.2. The molecular formula is C23H20ClFN4O2. The van der Waals surface area contributed by atoms with Gasteiger partial charge in [-0.05, 0) is 48.6 Å². The molecule has 31 heavy (non-hydrogen) atoms. The largest absolute Gasteiger partial charge is 0.340 e. The van der Waals surface area contributed by atoms with E-state index in [1.165, 1.54) is 12.1 Å². The summed E-state index contributed by atoms with van der Waals surface area (Å²) in [5.41, 5.74) is 1.50. The summed E-state index contributed by atoms with van der Waals surface area (Å²) in [6.07, 6.45) is 3.62. The Morgan fingerprint density at radius 2 is 2.13 bits per heavy atom. The molecule has 1 aliphatic rings. The highest BCUT2D eigenvalue weighted by molar-refractivity contribution is 6.31. The minimum absolute atomic E-state index is 0.0343. The van der Waals surface area contributed by atoms with Gasteiger partial charge in [-0.25, -0.2) is 4.39 Å². The maximum atomic E-state index is 13.5. The number of rotatable bonds is 4. The average molecular weight is 439 g/mol. The minimum atomic E-state index is -0.350. The van der Waals surface area contributed by atoms with E-state index >= 15 is 0 Å². The van der Waals surface area contributed by atoms with Gasteiger partial charge in [-0.15, -0.1) is 0 Å². The lowest BCUT2D eigenvalue weighted by Crippen LogP contribution is -2.40. The second-order valence-corrected chi connectivity index (χ2v) is 8.23. The van der Waals surface area contributed by atoms with Gasteiger partial charge in [-0.3, -0.25) is 4.79 Å². The van der Waals surface area contributed by atoms with Crippen LogP contribution in [0.5, 0.6) is 0 Å². The summed E-state index contributed by atoms with van der Waals surface area (Å²) < 4.78 is 20.9. The van der Waals surface area contributed by atoms with Gasteiger partial charge in [0.25, 0.3) is 0 Å². The van der Waals surface area contributed by atoms with Crippen LogP contribution in [0.25, 0.3) is 22.3 Å². The standard InChI is InChI=1S/C23H20ClFN4O2/c24-18-7-6-15-8-10-28(20(15)12-18)14-21(30)29-9-2-4-17(13-29)23-26-22(27-31-23)16-3-1-5-19(25)11-16/h1,3,5-8,10-12,17H,2,4,9,13-14H2. The third-order valence-corrected chi connectivity index (χ3v) is 5.92. The van der Waals surface area contributed by atoms with Crippen molar-refractivity contribution in [3.05, 3.63) is 71.5 Å². The van der Waals surface area contributed by atoms with Crippen molar-refractivity contribution in [3.8, 4) is 11.4 Å².